The summed E-state index contributed by atoms with van der Waals surface area (Å²) in [6, 6.07) is 7.57. The molecule has 4 nitrogen and oxygen atoms in total. The molecule has 1 aromatic carbocycles. The van der Waals surface area contributed by atoms with E-state index in [1.165, 1.54) is 6.92 Å². The van der Waals surface area contributed by atoms with Gasteiger partial charge < -0.3 is 14.6 Å². The highest BCUT2D eigenvalue weighted by molar-refractivity contribution is 7.99. The summed E-state index contributed by atoms with van der Waals surface area (Å²) >= 11 is 1.56. The Kier molecular flexibility index (Phi) is 6.48. The van der Waals surface area contributed by atoms with Crippen LogP contribution >= 0.6 is 11.8 Å². The first-order chi connectivity index (χ1) is 9.46. The Hall–Kier alpha value is -1.59. The number of benzene rings is 1. The molecule has 20 heavy (non-hydrogen) atoms. The van der Waals surface area contributed by atoms with Crippen LogP contribution in [-0.4, -0.2) is 35.3 Å². The second-order valence-electron chi connectivity index (χ2n) is 4.52. The van der Waals surface area contributed by atoms with Gasteiger partial charge in [0.25, 0.3) is 0 Å². The maximum absolute atomic E-state index is 10.8. The Morgan fingerprint density at radius 1 is 1.45 bits per heavy atom. The van der Waals surface area contributed by atoms with Crippen molar-refractivity contribution in [3.8, 4) is 0 Å². The summed E-state index contributed by atoms with van der Waals surface area (Å²) < 4.78 is 4.87. The Morgan fingerprint density at radius 2 is 2.10 bits per heavy atom. The number of carbonyl (C=O) groups is 2. The third-order valence-corrected chi connectivity index (χ3v) is 3.48. The van der Waals surface area contributed by atoms with Crippen molar-refractivity contribution in [3.05, 3.63) is 42.5 Å². The minimum atomic E-state index is -1.33. The van der Waals surface area contributed by atoms with Crippen molar-refractivity contribution in [1.29, 1.82) is 0 Å². The monoisotopic (exact) mass is 294 g/mol. The third kappa shape index (κ3) is 6.04. The number of esters is 1. The SMILES string of the molecule is C=CC(=O)OCCSc1ccc(CC(C)(O)C=O)cc1. The lowest BCUT2D eigenvalue weighted by Gasteiger charge is -2.15. The van der Waals surface area contributed by atoms with Crippen molar-refractivity contribution in [2.75, 3.05) is 12.4 Å². The van der Waals surface area contributed by atoms with Gasteiger partial charge in [-0.2, -0.15) is 0 Å². The van der Waals surface area contributed by atoms with Crippen LogP contribution in [0, 0.1) is 0 Å². The van der Waals surface area contributed by atoms with E-state index in [1.807, 2.05) is 24.3 Å². The molecule has 108 valence electrons. The van der Waals surface area contributed by atoms with Gasteiger partial charge in [-0.1, -0.05) is 18.7 Å². The topological polar surface area (TPSA) is 63.6 Å². The first-order valence-corrected chi connectivity index (χ1v) is 7.15. The molecule has 0 aliphatic heterocycles. The van der Waals surface area contributed by atoms with E-state index in [-0.39, 0.29) is 0 Å². The van der Waals surface area contributed by atoms with Crippen LogP contribution in [0.5, 0.6) is 0 Å². The predicted molar refractivity (Wildman–Crippen MR) is 78.7 cm³/mol. The molecule has 0 radical (unpaired) electrons. The van der Waals surface area contributed by atoms with Gasteiger partial charge in [-0.15, -0.1) is 11.8 Å². The van der Waals surface area contributed by atoms with E-state index in [0.717, 1.165) is 16.5 Å². The first kappa shape index (κ1) is 16.5. The molecule has 1 rings (SSSR count). The van der Waals surface area contributed by atoms with Crippen LogP contribution in [0.25, 0.3) is 0 Å². The van der Waals surface area contributed by atoms with Crippen LogP contribution in [0.15, 0.2) is 41.8 Å². The number of ether oxygens (including phenoxy) is 1. The number of carbonyl (C=O) groups excluding carboxylic acids is 2. The average Bonchev–Trinajstić information content (AvgIpc) is 2.44. The predicted octanol–water partition coefficient (Wildman–Crippen LogP) is 2.00. The third-order valence-electron chi connectivity index (χ3n) is 2.50. The largest absolute Gasteiger partial charge is 0.462 e. The number of aldehydes is 1. The Labute approximate surface area is 122 Å². The molecule has 0 saturated heterocycles. The molecule has 0 fully saturated rings. The number of aliphatic hydroxyl groups is 1. The van der Waals surface area contributed by atoms with Gasteiger partial charge in [0, 0.05) is 23.1 Å². The fraction of sp³-hybridized carbons (Fsp3) is 0.333. The zero-order valence-electron chi connectivity index (χ0n) is 11.4. The molecule has 1 N–H and O–H groups in total. The van der Waals surface area contributed by atoms with Gasteiger partial charge in [0.15, 0.2) is 6.29 Å². The van der Waals surface area contributed by atoms with Gasteiger partial charge in [-0.3, -0.25) is 0 Å². The lowest BCUT2D eigenvalue weighted by molar-refractivity contribution is -0.137. The Bertz CT molecular complexity index is 465. The molecule has 1 atom stereocenters. The molecule has 0 heterocycles. The second-order valence-corrected chi connectivity index (χ2v) is 5.68. The molecule has 0 spiro atoms. The molecule has 0 amide bonds. The van der Waals surface area contributed by atoms with Crippen molar-refractivity contribution < 1.29 is 19.4 Å². The Balaban J connectivity index is 2.41. The summed E-state index contributed by atoms with van der Waals surface area (Å²) in [7, 11) is 0. The second kappa shape index (κ2) is 7.87. The molecule has 0 bridgehead atoms. The molecule has 1 unspecified atom stereocenters. The fourth-order valence-corrected chi connectivity index (χ4v) is 2.25. The maximum Gasteiger partial charge on any atom is 0.330 e. The van der Waals surface area contributed by atoms with E-state index in [1.54, 1.807) is 11.8 Å². The highest BCUT2D eigenvalue weighted by Crippen LogP contribution is 2.20. The minimum Gasteiger partial charge on any atom is -0.462 e. The summed E-state index contributed by atoms with van der Waals surface area (Å²) in [5, 5.41) is 9.66. The molecule has 0 aliphatic rings. The van der Waals surface area contributed by atoms with Crippen molar-refractivity contribution in [2.24, 2.45) is 0 Å². The highest BCUT2D eigenvalue weighted by atomic mass is 32.2. The van der Waals surface area contributed by atoms with Crippen molar-refractivity contribution in [2.45, 2.75) is 23.8 Å². The summed E-state index contributed by atoms with van der Waals surface area (Å²) in [6.45, 7) is 5.13. The van der Waals surface area contributed by atoms with Crippen LogP contribution in [-0.2, 0) is 20.7 Å². The first-order valence-electron chi connectivity index (χ1n) is 6.16. The Morgan fingerprint density at radius 3 is 2.65 bits per heavy atom. The summed E-state index contributed by atoms with van der Waals surface area (Å²) in [5.74, 6) is 0.238. The summed E-state index contributed by atoms with van der Waals surface area (Å²) in [4.78, 5) is 22.5. The number of hydrogen-bond acceptors (Lipinski definition) is 5. The molecule has 0 saturated carbocycles. The molecule has 0 aliphatic carbocycles. The van der Waals surface area contributed by atoms with E-state index < -0.39 is 11.6 Å². The van der Waals surface area contributed by atoms with Crippen molar-refractivity contribution >= 4 is 24.0 Å². The van der Waals surface area contributed by atoms with Gasteiger partial charge >= 0.3 is 5.97 Å². The quantitative estimate of drug-likeness (QED) is 0.261. The van der Waals surface area contributed by atoms with E-state index >= 15 is 0 Å². The number of thioether (sulfide) groups is 1. The molecular weight excluding hydrogens is 276 g/mol. The van der Waals surface area contributed by atoms with Crippen molar-refractivity contribution in [3.63, 3.8) is 0 Å². The lowest BCUT2D eigenvalue weighted by atomic mass is 9.98. The van der Waals surface area contributed by atoms with Gasteiger partial charge in [-0.05, 0) is 24.6 Å². The van der Waals surface area contributed by atoms with E-state index in [4.69, 9.17) is 4.74 Å². The van der Waals surface area contributed by atoms with Gasteiger partial charge in [-0.25, -0.2) is 4.79 Å². The maximum atomic E-state index is 10.8. The normalized spacial score (nSPS) is 13.3. The van der Waals surface area contributed by atoms with Gasteiger partial charge in [0.1, 0.15) is 12.2 Å². The number of rotatable bonds is 8. The molecule has 5 heteroatoms. The van der Waals surface area contributed by atoms with Gasteiger partial charge in [0.2, 0.25) is 0 Å². The molecule has 0 aromatic heterocycles. The standard InChI is InChI=1S/C15H18O4S/c1-3-14(17)19-8-9-20-13-6-4-12(5-7-13)10-15(2,18)11-16/h3-7,11,18H,1,8-10H2,2H3. The van der Waals surface area contributed by atoms with Crippen LogP contribution < -0.4 is 0 Å². The minimum absolute atomic E-state index is 0.290. The van der Waals surface area contributed by atoms with Crippen LogP contribution in [0.3, 0.4) is 0 Å². The van der Waals surface area contributed by atoms with E-state index in [0.29, 0.717) is 25.1 Å². The van der Waals surface area contributed by atoms with E-state index in [2.05, 4.69) is 6.58 Å². The van der Waals surface area contributed by atoms with Crippen LogP contribution in [0.2, 0.25) is 0 Å². The van der Waals surface area contributed by atoms with Crippen LogP contribution in [0.1, 0.15) is 12.5 Å². The molecular formula is C15H18O4S. The average molecular weight is 294 g/mol. The molecule has 1 aromatic rings. The fourth-order valence-electron chi connectivity index (χ4n) is 1.52. The van der Waals surface area contributed by atoms with Gasteiger partial charge in [0.05, 0.1) is 0 Å². The smallest absolute Gasteiger partial charge is 0.330 e. The number of hydrogen-bond donors (Lipinski definition) is 1. The zero-order chi connectivity index (χ0) is 15.0. The highest BCUT2D eigenvalue weighted by Gasteiger charge is 2.19. The zero-order valence-corrected chi connectivity index (χ0v) is 12.2. The van der Waals surface area contributed by atoms with Crippen molar-refractivity contribution in [1.82, 2.24) is 0 Å². The summed E-state index contributed by atoms with van der Waals surface area (Å²) in [5.41, 5.74) is -0.433. The van der Waals surface area contributed by atoms with E-state index in [9.17, 15) is 14.7 Å². The summed E-state index contributed by atoms with van der Waals surface area (Å²) in [6.07, 6.45) is 1.97. The lowest BCUT2D eigenvalue weighted by Crippen LogP contribution is -2.28. The van der Waals surface area contributed by atoms with Crippen LogP contribution in [0.4, 0.5) is 0 Å².